The molecule has 96 valence electrons. The maximum absolute atomic E-state index is 12.1. The molecule has 1 heterocycles. The molecule has 3 rings (SSSR count). The summed E-state index contributed by atoms with van der Waals surface area (Å²) >= 11 is 0. The Morgan fingerprint density at radius 2 is 2.11 bits per heavy atom. The van der Waals surface area contributed by atoms with Crippen molar-refractivity contribution in [2.24, 2.45) is 17.8 Å². The standard InChI is InChI=1S/C16H20O2/c1-8-5-6-12-10(3)11(4)18-16(12)15-9(2)7-13(17)14(8)15/h7,10,12,15-16H,4-6H2,1-3H3/t10-,12?,15?,16+/m0/s1. The molecule has 0 aromatic rings. The fourth-order valence-corrected chi connectivity index (χ4v) is 3.79. The summed E-state index contributed by atoms with van der Waals surface area (Å²) in [7, 11) is 0. The minimum atomic E-state index is 0.127. The van der Waals surface area contributed by atoms with Crippen LogP contribution in [0.2, 0.25) is 0 Å². The van der Waals surface area contributed by atoms with Crippen LogP contribution in [0.1, 0.15) is 33.6 Å². The van der Waals surface area contributed by atoms with Gasteiger partial charge in [-0.15, -0.1) is 0 Å². The molecule has 18 heavy (non-hydrogen) atoms. The number of hydrogen-bond acceptors (Lipinski definition) is 2. The Bertz CT molecular complexity index is 495. The molecule has 0 N–H and O–H groups in total. The highest BCUT2D eigenvalue weighted by Crippen LogP contribution is 2.49. The zero-order chi connectivity index (χ0) is 13.0. The van der Waals surface area contributed by atoms with Crippen LogP contribution in [0.25, 0.3) is 0 Å². The molecule has 0 aromatic heterocycles. The second kappa shape index (κ2) is 3.84. The third-order valence-corrected chi connectivity index (χ3v) is 4.93. The number of allylic oxidation sites excluding steroid dienone is 3. The van der Waals surface area contributed by atoms with E-state index in [1.54, 1.807) is 6.08 Å². The molecule has 2 aliphatic carbocycles. The quantitative estimate of drug-likeness (QED) is 0.652. The van der Waals surface area contributed by atoms with Crippen LogP contribution < -0.4 is 0 Å². The highest BCUT2D eigenvalue weighted by molar-refractivity contribution is 6.08. The highest BCUT2D eigenvalue weighted by Gasteiger charge is 2.48. The van der Waals surface area contributed by atoms with Crippen LogP contribution in [0.5, 0.6) is 0 Å². The van der Waals surface area contributed by atoms with Crippen LogP contribution in [0.3, 0.4) is 0 Å². The molecule has 4 atom stereocenters. The van der Waals surface area contributed by atoms with E-state index in [-0.39, 0.29) is 17.8 Å². The van der Waals surface area contributed by atoms with E-state index in [1.165, 1.54) is 5.57 Å². The van der Waals surface area contributed by atoms with Gasteiger partial charge in [0, 0.05) is 23.3 Å². The fraction of sp³-hybridized carbons (Fsp3) is 0.562. The van der Waals surface area contributed by atoms with Gasteiger partial charge in [-0.1, -0.05) is 24.6 Å². The summed E-state index contributed by atoms with van der Waals surface area (Å²) in [6, 6.07) is 0. The molecule has 0 radical (unpaired) electrons. The van der Waals surface area contributed by atoms with Crippen molar-refractivity contribution in [1.29, 1.82) is 0 Å². The summed E-state index contributed by atoms with van der Waals surface area (Å²) in [5, 5.41) is 0. The van der Waals surface area contributed by atoms with E-state index < -0.39 is 0 Å². The van der Waals surface area contributed by atoms with Gasteiger partial charge in [0.15, 0.2) is 5.78 Å². The number of carbonyl (C=O) groups is 1. The van der Waals surface area contributed by atoms with E-state index in [0.717, 1.165) is 29.7 Å². The number of carbonyl (C=O) groups excluding carboxylic acids is 1. The Labute approximate surface area is 108 Å². The van der Waals surface area contributed by atoms with Crippen LogP contribution in [0.4, 0.5) is 0 Å². The van der Waals surface area contributed by atoms with E-state index in [0.29, 0.717) is 11.8 Å². The SMILES string of the molecule is C=C1O[C@H]2C3C(C)=CC(=O)C3=C(C)CCC2[C@H]1C. The molecule has 0 amide bonds. The second-order valence-corrected chi connectivity index (χ2v) is 5.96. The van der Waals surface area contributed by atoms with Crippen LogP contribution in [0.15, 0.2) is 35.1 Å². The maximum Gasteiger partial charge on any atom is 0.182 e. The van der Waals surface area contributed by atoms with Crippen molar-refractivity contribution in [3.63, 3.8) is 0 Å². The van der Waals surface area contributed by atoms with Crippen molar-refractivity contribution in [2.75, 3.05) is 0 Å². The summed E-state index contributed by atoms with van der Waals surface area (Å²) in [4.78, 5) is 12.1. The summed E-state index contributed by atoms with van der Waals surface area (Å²) in [6.45, 7) is 10.4. The first kappa shape index (κ1) is 11.8. The Balaban J connectivity index is 2.07. The number of fused-ring (bicyclic) bond motifs is 3. The van der Waals surface area contributed by atoms with Crippen LogP contribution in [-0.2, 0) is 9.53 Å². The number of ether oxygens (including phenoxy) is 1. The highest BCUT2D eigenvalue weighted by atomic mass is 16.5. The molecule has 0 spiro atoms. The average Bonchev–Trinajstić information content (AvgIpc) is 2.68. The van der Waals surface area contributed by atoms with Gasteiger partial charge in [0.2, 0.25) is 0 Å². The lowest BCUT2D eigenvalue weighted by Crippen LogP contribution is -2.28. The first-order valence-corrected chi connectivity index (χ1v) is 6.78. The number of ketones is 1. The van der Waals surface area contributed by atoms with E-state index in [2.05, 4.69) is 27.4 Å². The molecule has 0 aromatic carbocycles. The topological polar surface area (TPSA) is 26.3 Å². The van der Waals surface area contributed by atoms with Gasteiger partial charge in [0.1, 0.15) is 6.10 Å². The second-order valence-electron chi connectivity index (χ2n) is 5.96. The van der Waals surface area contributed by atoms with E-state index in [9.17, 15) is 4.79 Å². The van der Waals surface area contributed by atoms with Crippen molar-refractivity contribution < 1.29 is 9.53 Å². The third-order valence-electron chi connectivity index (χ3n) is 4.93. The fourth-order valence-electron chi connectivity index (χ4n) is 3.79. The van der Waals surface area contributed by atoms with Crippen molar-refractivity contribution >= 4 is 5.78 Å². The van der Waals surface area contributed by atoms with Crippen LogP contribution in [-0.4, -0.2) is 11.9 Å². The van der Waals surface area contributed by atoms with E-state index in [4.69, 9.17) is 4.74 Å². The molecule has 2 heteroatoms. The lowest BCUT2D eigenvalue weighted by molar-refractivity contribution is -0.111. The minimum Gasteiger partial charge on any atom is -0.494 e. The lowest BCUT2D eigenvalue weighted by Gasteiger charge is -2.25. The van der Waals surface area contributed by atoms with Crippen LogP contribution in [0, 0.1) is 17.8 Å². The van der Waals surface area contributed by atoms with Gasteiger partial charge in [-0.25, -0.2) is 0 Å². The summed E-state index contributed by atoms with van der Waals surface area (Å²) in [5.74, 6) is 2.18. The molecule has 1 fully saturated rings. The van der Waals surface area contributed by atoms with Crippen molar-refractivity contribution in [3.05, 3.63) is 35.1 Å². The Hall–Kier alpha value is -1.31. The van der Waals surface area contributed by atoms with Gasteiger partial charge >= 0.3 is 0 Å². The van der Waals surface area contributed by atoms with Gasteiger partial charge in [-0.3, -0.25) is 4.79 Å². The largest absolute Gasteiger partial charge is 0.494 e. The zero-order valence-corrected chi connectivity index (χ0v) is 11.3. The normalized spacial score (nSPS) is 39.2. The van der Waals surface area contributed by atoms with Gasteiger partial charge < -0.3 is 4.74 Å². The van der Waals surface area contributed by atoms with E-state index >= 15 is 0 Å². The minimum absolute atomic E-state index is 0.127. The molecule has 0 bridgehead atoms. The predicted octanol–water partition coefficient (Wildman–Crippen LogP) is 3.41. The predicted molar refractivity (Wildman–Crippen MR) is 70.9 cm³/mol. The molecule has 1 aliphatic heterocycles. The van der Waals surface area contributed by atoms with Gasteiger partial charge in [-0.2, -0.15) is 0 Å². The smallest absolute Gasteiger partial charge is 0.182 e. The van der Waals surface area contributed by atoms with Gasteiger partial charge in [-0.05, 0) is 32.8 Å². The Kier molecular flexibility index (Phi) is 2.51. The monoisotopic (exact) mass is 244 g/mol. The molecule has 2 nitrogen and oxygen atoms in total. The first-order chi connectivity index (χ1) is 8.50. The van der Waals surface area contributed by atoms with Crippen molar-refractivity contribution in [2.45, 2.75) is 39.7 Å². The maximum atomic E-state index is 12.1. The number of rotatable bonds is 0. The summed E-state index contributed by atoms with van der Waals surface area (Å²) in [5.41, 5.74) is 3.42. The summed E-state index contributed by atoms with van der Waals surface area (Å²) in [6.07, 6.45) is 4.04. The van der Waals surface area contributed by atoms with Gasteiger partial charge in [0.05, 0.1) is 5.76 Å². The third kappa shape index (κ3) is 1.44. The Morgan fingerprint density at radius 1 is 1.39 bits per heavy atom. The lowest BCUT2D eigenvalue weighted by atomic mass is 9.80. The molecule has 1 saturated heterocycles. The molecular weight excluding hydrogens is 224 g/mol. The molecule has 2 unspecified atom stereocenters. The molecular formula is C16H20O2. The first-order valence-electron chi connectivity index (χ1n) is 6.78. The zero-order valence-electron chi connectivity index (χ0n) is 11.3. The van der Waals surface area contributed by atoms with Crippen molar-refractivity contribution in [3.8, 4) is 0 Å². The van der Waals surface area contributed by atoms with Gasteiger partial charge in [0.25, 0.3) is 0 Å². The van der Waals surface area contributed by atoms with Crippen molar-refractivity contribution in [1.82, 2.24) is 0 Å². The molecule has 3 aliphatic rings. The number of hydrogen-bond donors (Lipinski definition) is 0. The Morgan fingerprint density at radius 3 is 2.83 bits per heavy atom. The van der Waals surface area contributed by atoms with Crippen LogP contribution >= 0.6 is 0 Å². The average molecular weight is 244 g/mol. The summed E-state index contributed by atoms with van der Waals surface area (Å²) < 4.78 is 6.02. The van der Waals surface area contributed by atoms with E-state index in [1.807, 2.05) is 0 Å². The molecule has 0 saturated carbocycles.